The van der Waals surface area contributed by atoms with Gasteiger partial charge in [-0.05, 0) is 6.07 Å². The molecular formula is C7H10N2O. The lowest BCUT2D eigenvalue weighted by molar-refractivity contribution is 0.398. The van der Waals surface area contributed by atoms with Crippen molar-refractivity contribution in [3.63, 3.8) is 0 Å². The summed E-state index contributed by atoms with van der Waals surface area (Å²) in [5.41, 5.74) is 0. The number of nitrogens with one attached hydrogen (secondary N) is 1. The smallest absolute Gasteiger partial charge is 0.214 e. The Morgan fingerprint density at radius 1 is 1.50 bits per heavy atom. The van der Waals surface area contributed by atoms with E-state index in [0.717, 1.165) is 5.82 Å². The molecule has 0 amide bonds. The normalized spacial score (nSPS) is 9.00. The summed E-state index contributed by atoms with van der Waals surface area (Å²) in [6.45, 7) is 0. The van der Waals surface area contributed by atoms with Crippen LogP contribution < -0.4 is 10.1 Å². The topological polar surface area (TPSA) is 34.1 Å². The van der Waals surface area contributed by atoms with Crippen molar-refractivity contribution in [1.82, 2.24) is 4.98 Å². The zero-order chi connectivity index (χ0) is 7.40. The van der Waals surface area contributed by atoms with Gasteiger partial charge in [0.1, 0.15) is 5.82 Å². The highest BCUT2D eigenvalue weighted by molar-refractivity contribution is 5.35. The molecule has 3 heteroatoms. The minimum atomic E-state index is 0.631. The molecule has 0 bridgehead atoms. The first-order chi connectivity index (χ1) is 4.86. The third kappa shape index (κ3) is 1.37. The number of rotatable bonds is 2. The number of nitrogens with zero attached hydrogens (tertiary/aromatic N) is 1. The van der Waals surface area contributed by atoms with E-state index in [4.69, 9.17) is 4.74 Å². The second kappa shape index (κ2) is 3.06. The van der Waals surface area contributed by atoms with Crippen molar-refractivity contribution in [3.8, 4) is 5.88 Å². The molecule has 0 unspecified atom stereocenters. The van der Waals surface area contributed by atoms with Gasteiger partial charge in [-0.25, -0.2) is 0 Å². The SMILES string of the molecule is CNc1cccc(OC)n1. The number of ether oxygens (including phenoxy) is 1. The Morgan fingerprint density at radius 2 is 2.30 bits per heavy atom. The number of pyridine rings is 1. The maximum Gasteiger partial charge on any atom is 0.214 e. The fourth-order valence-electron chi connectivity index (χ4n) is 0.668. The molecule has 0 aliphatic heterocycles. The van der Waals surface area contributed by atoms with Crippen molar-refractivity contribution in [3.05, 3.63) is 18.2 Å². The third-order valence-electron chi connectivity index (χ3n) is 1.19. The second-order valence-corrected chi connectivity index (χ2v) is 1.82. The second-order valence-electron chi connectivity index (χ2n) is 1.82. The van der Waals surface area contributed by atoms with Gasteiger partial charge in [0, 0.05) is 13.1 Å². The summed E-state index contributed by atoms with van der Waals surface area (Å²) in [7, 11) is 3.42. The third-order valence-corrected chi connectivity index (χ3v) is 1.19. The summed E-state index contributed by atoms with van der Waals surface area (Å²) in [5, 5.41) is 2.91. The average Bonchev–Trinajstić information content (AvgIpc) is 2.05. The van der Waals surface area contributed by atoms with E-state index >= 15 is 0 Å². The van der Waals surface area contributed by atoms with Gasteiger partial charge in [0.05, 0.1) is 7.11 Å². The van der Waals surface area contributed by atoms with Crippen LogP contribution in [-0.2, 0) is 0 Å². The molecule has 0 atom stereocenters. The standard InChI is InChI=1S/C7H10N2O/c1-8-6-4-3-5-7(9-6)10-2/h3-5H,1-2H3,(H,8,9). The number of aromatic nitrogens is 1. The van der Waals surface area contributed by atoms with Crippen molar-refractivity contribution in [1.29, 1.82) is 0 Å². The summed E-state index contributed by atoms with van der Waals surface area (Å²) in [6, 6.07) is 5.57. The maximum atomic E-state index is 4.91. The minimum Gasteiger partial charge on any atom is -0.481 e. The molecule has 1 aromatic rings. The molecule has 0 fully saturated rings. The van der Waals surface area contributed by atoms with Crippen molar-refractivity contribution >= 4 is 5.82 Å². The first-order valence-corrected chi connectivity index (χ1v) is 3.05. The predicted octanol–water partition coefficient (Wildman–Crippen LogP) is 1.13. The van der Waals surface area contributed by atoms with Crippen LogP contribution in [0, 0.1) is 0 Å². The Bertz CT molecular complexity index is 193. The van der Waals surface area contributed by atoms with Crippen LogP contribution in [0.1, 0.15) is 0 Å². The lowest BCUT2D eigenvalue weighted by Crippen LogP contribution is -1.93. The number of hydrogen-bond donors (Lipinski definition) is 1. The van der Waals surface area contributed by atoms with Crippen molar-refractivity contribution in [2.24, 2.45) is 0 Å². The van der Waals surface area contributed by atoms with Crippen LogP contribution in [-0.4, -0.2) is 19.1 Å². The highest BCUT2D eigenvalue weighted by atomic mass is 16.5. The summed E-state index contributed by atoms with van der Waals surface area (Å²) in [5.74, 6) is 1.45. The van der Waals surface area contributed by atoms with Gasteiger partial charge in [-0.1, -0.05) is 6.07 Å². The Kier molecular flexibility index (Phi) is 2.10. The molecule has 0 saturated carbocycles. The van der Waals surface area contributed by atoms with Gasteiger partial charge in [-0.3, -0.25) is 0 Å². The van der Waals surface area contributed by atoms with Crippen molar-refractivity contribution in [2.75, 3.05) is 19.5 Å². The van der Waals surface area contributed by atoms with Gasteiger partial charge in [-0.2, -0.15) is 4.98 Å². The molecule has 0 spiro atoms. The van der Waals surface area contributed by atoms with Crippen LogP contribution in [0.5, 0.6) is 5.88 Å². The summed E-state index contributed by atoms with van der Waals surface area (Å²) in [6.07, 6.45) is 0. The molecule has 1 aromatic heterocycles. The van der Waals surface area contributed by atoms with Crippen LogP contribution in [0.2, 0.25) is 0 Å². The predicted molar refractivity (Wildman–Crippen MR) is 40.3 cm³/mol. The number of methoxy groups -OCH3 is 1. The molecule has 0 aliphatic carbocycles. The number of anilines is 1. The maximum absolute atomic E-state index is 4.91. The highest BCUT2D eigenvalue weighted by Crippen LogP contribution is 2.08. The van der Waals surface area contributed by atoms with Gasteiger partial charge < -0.3 is 10.1 Å². The average molecular weight is 138 g/mol. The van der Waals surface area contributed by atoms with E-state index in [0.29, 0.717) is 5.88 Å². The van der Waals surface area contributed by atoms with Crippen LogP contribution in [0.4, 0.5) is 5.82 Å². The van der Waals surface area contributed by atoms with Crippen LogP contribution >= 0.6 is 0 Å². The number of hydrogen-bond acceptors (Lipinski definition) is 3. The van der Waals surface area contributed by atoms with E-state index in [1.54, 1.807) is 13.2 Å². The monoisotopic (exact) mass is 138 g/mol. The van der Waals surface area contributed by atoms with Crippen LogP contribution in [0.3, 0.4) is 0 Å². The molecule has 0 aliphatic rings. The first-order valence-electron chi connectivity index (χ1n) is 3.05. The molecule has 54 valence electrons. The lowest BCUT2D eigenvalue weighted by atomic mass is 10.4. The molecule has 10 heavy (non-hydrogen) atoms. The van der Waals surface area contributed by atoms with Crippen molar-refractivity contribution < 1.29 is 4.74 Å². The highest BCUT2D eigenvalue weighted by Gasteiger charge is 1.91. The molecule has 1 rings (SSSR count). The summed E-state index contributed by atoms with van der Waals surface area (Å²) in [4.78, 5) is 4.08. The Hall–Kier alpha value is -1.25. The molecule has 0 aromatic carbocycles. The quantitative estimate of drug-likeness (QED) is 0.665. The Morgan fingerprint density at radius 3 is 2.90 bits per heavy atom. The molecule has 1 heterocycles. The van der Waals surface area contributed by atoms with E-state index in [-0.39, 0.29) is 0 Å². The first kappa shape index (κ1) is 6.86. The van der Waals surface area contributed by atoms with E-state index in [9.17, 15) is 0 Å². The van der Waals surface area contributed by atoms with E-state index in [1.165, 1.54) is 0 Å². The fraction of sp³-hybridized carbons (Fsp3) is 0.286. The summed E-state index contributed by atoms with van der Waals surface area (Å²) >= 11 is 0. The lowest BCUT2D eigenvalue weighted by Gasteiger charge is -2.00. The molecule has 3 nitrogen and oxygen atoms in total. The Balaban J connectivity index is 2.87. The van der Waals surface area contributed by atoms with Gasteiger partial charge in [0.15, 0.2) is 0 Å². The van der Waals surface area contributed by atoms with Gasteiger partial charge in [0.2, 0.25) is 5.88 Å². The largest absolute Gasteiger partial charge is 0.481 e. The zero-order valence-corrected chi connectivity index (χ0v) is 6.09. The van der Waals surface area contributed by atoms with Crippen LogP contribution in [0.25, 0.3) is 0 Å². The summed E-state index contributed by atoms with van der Waals surface area (Å²) < 4.78 is 4.91. The molecular weight excluding hydrogens is 128 g/mol. The van der Waals surface area contributed by atoms with E-state index < -0.39 is 0 Å². The van der Waals surface area contributed by atoms with E-state index in [2.05, 4.69) is 10.3 Å². The zero-order valence-electron chi connectivity index (χ0n) is 6.09. The molecule has 0 saturated heterocycles. The molecule has 0 radical (unpaired) electrons. The Labute approximate surface area is 60.0 Å². The van der Waals surface area contributed by atoms with E-state index in [1.807, 2.05) is 19.2 Å². The minimum absolute atomic E-state index is 0.631. The molecule has 1 N–H and O–H groups in total. The van der Waals surface area contributed by atoms with Crippen molar-refractivity contribution in [2.45, 2.75) is 0 Å². The van der Waals surface area contributed by atoms with Gasteiger partial charge >= 0.3 is 0 Å². The van der Waals surface area contributed by atoms with Crippen LogP contribution in [0.15, 0.2) is 18.2 Å². The fourth-order valence-corrected chi connectivity index (χ4v) is 0.668. The van der Waals surface area contributed by atoms with Gasteiger partial charge in [-0.15, -0.1) is 0 Å². The van der Waals surface area contributed by atoms with Gasteiger partial charge in [0.25, 0.3) is 0 Å².